The Bertz CT molecular complexity index is 601. The molecule has 2 rings (SSSR count). The average molecular weight is 332 g/mol. The highest BCUT2D eigenvalue weighted by Gasteiger charge is 2.26. The fourth-order valence-electron chi connectivity index (χ4n) is 2.39. The number of piperidine rings is 1. The van der Waals surface area contributed by atoms with E-state index in [2.05, 4.69) is 23.5 Å². The van der Waals surface area contributed by atoms with Crippen LogP contribution < -0.4 is 4.72 Å². The normalized spacial score (nSPS) is 18.2. The molecule has 0 spiro atoms. The van der Waals surface area contributed by atoms with E-state index in [0.717, 1.165) is 37.3 Å². The lowest BCUT2D eigenvalue weighted by Gasteiger charge is -2.34. The second-order valence-corrected chi connectivity index (χ2v) is 8.10. The molecule has 0 bridgehead atoms. The van der Waals surface area contributed by atoms with Gasteiger partial charge in [0.05, 0.1) is 4.90 Å². The van der Waals surface area contributed by atoms with Crippen molar-refractivity contribution >= 4 is 27.3 Å². The van der Waals surface area contributed by atoms with Gasteiger partial charge < -0.3 is 10.0 Å². The van der Waals surface area contributed by atoms with E-state index in [9.17, 15) is 13.2 Å². The number of likely N-dealkylation sites (tertiary alicyclic amines) is 1. The van der Waals surface area contributed by atoms with E-state index in [1.54, 1.807) is 0 Å². The first-order valence-electron chi connectivity index (χ1n) is 6.88. The molecule has 1 fully saturated rings. The zero-order chi connectivity index (χ0) is 15.6. The lowest BCUT2D eigenvalue weighted by Crippen LogP contribution is -2.46. The first-order chi connectivity index (χ1) is 9.79. The summed E-state index contributed by atoms with van der Waals surface area (Å²) in [6.07, 6.45) is 1.54. The molecular weight excluding hydrogens is 312 g/mol. The minimum Gasteiger partial charge on any atom is -0.477 e. The Kier molecular flexibility index (Phi) is 5.03. The van der Waals surface area contributed by atoms with Crippen LogP contribution in [0.15, 0.2) is 16.3 Å². The van der Waals surface area contributed by atoms with E-state index in [1.165, 1.54) is 11.4 Å². The standard InChI is InChI=1S/C13H20N2O4S2/c1-9(2)15-5-3-10(4-6-15)14-21(18,19)11-7-12(13(16)17)20-8-11/h7-10,14H,3-6H2,1-2H3,(H,16,17). The maximum atomic E-state index is 12.2. The smallest absolute Gasteiger partial charge is 0.345 e. The number of rotatable bonds is 5. The molecule has 0 unspecified atom stereocenters. The van der Waals surface area contributed by atoms with Crippen LogP contribution in [0, 0.1) is 0 Å². The Balaban J connectivity index is 2.00. The molecule has 0 saturated carbocycles. The summed E-state index contributed by atoms with van der Waals surface area (Å²) in [5.41, 5.74) is 0. The van der Waals surface area contributed by atoms with Crippen LogP contribution in [-0.4, -0.2) is 49.6 Å². The highest BCUT2D eigenvalue weighted by molar-refractivity contribution is 7.89. The number of thiophene rings is 1. The van der Waals surface area contributed by atoms with E-state index < -0.39 is 16.0 Å². The van der Waals surface area contributed by atoms with E-state index in [0.29, 0.717) is 6.04 Å². The van der Waals surface area contributed by atoms with E-state index in [4.69, 9.17) is 5.11 Å². The van der Waals surface area contributed by atoms with Gasteiger partial charge in [-0.25, -0.2) is 17.9 Å². The Labute approximate surface area is 128 Å². The van der Waals surface area contributed by atoms with Gasteiger partial charge in [-0.15, -0.1) is 11.3 Å². The highest BCUT2D eigenvalue weighted by atomic mass is 32.2. The fraction of sp³-hybridized carbons (Fsp3) is 0.615. The van der Waals surface area contributed by atoms with E-state index >= 15 is 0 Å². The number of sulfonamides is 1. The maximum absolute atomic E-state index is 12.2. The lowest BCUT2D eigenvalue weighted by molar-refractivity contribution is 0.0702. The van der Waals surface area contributed by atoms with Gasteiger partial charge in [-0.1, -0.05) is 0 Å². The molecule has 0 atom stereocenters. The quantitative estimate of drug-likeness (QED) is 0.855. The molecule has 8 heteroatoms. The van der Waals surface area contributed by atoms with Gasteiger partial charge in [0.15, 0.2) is 0 Å². The molecule has 0 aliphatic carbocycles. The maximum Gasteiger partial charge on any atom is 0.345 e. The van der Waals surface area contributed by atoms with Crippen LogP contribution in [0.3, 0.4) is 0 Å². The Morgan fingerprint density at radius 3 is 2.52 bits per heavy atom. The van der Waals surface area contributed by atoms with Crippen molar-refractivity contribution in [3.63, 3.8) is 0 Å². The number of hydrogen-bond donors (Lipinski definition) is 2. The number of carboxylic acids is 1. The lowest BCUT2D eigenvalue weighted by atomic mass is 10.1. The van der Waals surface area contributed by atoms with Gasteiger partial charge in [0.2, 0.25) is 10.0 Å². The fourth-order valence-corrected chi connectivity index (χ4v) is 4.81. The van der Waals surface area contributed by atoms with Crippen molar-refractivity contribution in [3.8, 4) is 0 Å². The van der Waals surface area contributed by atoms with Crippen molar-refractivity contribution in [2.24, 2.45) is 0 Å². The van der Waals surface area contributed by atoms with Crippen molar-refractivity contribution in [1.82, 2.24) is 9.62 Å². The van der Waals surface area contributed by atoms with Crippen LogP contribution in [0.1, 0.15) is 36.4 Å². The largest absolute Gasteiger partial charge is 0.477 e. The summed E-state index contributed by atoms with van der Waals surface area (Å²) in [6, 6.07) is 1.59. The summed E-state index contributed by atoms with van der Waals surface area (Å²) in [7, 11) is -3.63. The van der Waals surface area contributed by atoms with E-state index in [-0.39, 0.29) is 15.8 Å². The Morgan fingerprint density at radius 2 is 2.05 bits per heavy atom. The Morgan fingerprint density at radius 1 is 1.43 bits per heavy atom. The molecule has 1 saturated heterocycles. The number of hydrogen-bond acceptors (Lipinski definition) is 5. The molecule has 1 aromatic heterocycles. The SMILES string of the molecule is CC(C)N1CCC(NS(=O)(=O)c2csc(C(=O)O)c2)CC1. The second kappa shape index (κ2) is 6.43. The van der Waals surface area contributed by atoms with Crippen molar-refractivity contribution < 1.29 is 18.3 Å². The highest BCUT2D eigenvalue weighted by Crippen LogP contribution is 2.21. The summed E-state index contributed by atoms with van der Waals surface area (Å²) in [4.78, 5) is 13.2. The molecule has 2 heterocycles. The van der Waals surface area contributed by atoms with Crippen molar-refractivity contribution in [1.29, 1.82) is 0 Å². The third kappa shape index (κ3) is 4.03. The third-order valence-electron chi connectivity index (χ3n) is 3.68. The summed E-state index contributed by atoms with van der Waals surface area (Å²) >= 11 is 0.924. The first kappa shape index (κ1) is 16.4. The van der Waals surface area contributed by atoms with Gasteiger partial charge in [-0.2, -0.15) is 0 Å². The summed E-state index contributed by atoms with van der Waals surface area (Å²) < 4.78 is 27.2. The van der Waals surface area contributed by atoms with Crippen molar-refractivity contribution in [3.05, 3.63) is 16.3 Å². The molecule has 0 aromatic carbocycles. The molecule has 1 aliphatic heterocycles. The molecular formula is C13H20N2O4S2. The number of nitrogens with zero attached hydrogens (tertiary/aromatic N) is 1. The molecule has 1 aromatic rings. The van der Waals surface area contributed by atoms with Crippen LogP contribution in [0.2, 0.25) is 0 Å². The topological polar surface area (TPSA) is 86.7 Å². The van der Waals surface area contributed by atoms with Gasteiger partial charge >= 0.3 is 5.97 Å². The molecule has 118 valence electrons. The number of aromatic carboxylic acids is 1. The second-order valence-electron chi connectivity index (χ2n) is 5.48. The van der Waals surface area contributed by atoms with Gasteiger partial charge in [-0.05, 0) is 45.8 Å². The van der Waals surface area contributed by atoms with Crippen LogP contribution >= 0.6 is 11.3 Å². The zero-order valence-corrected chi connectivity index (χ0v) is 13.7. The van der Waals surface area contributed by atoms with Crippen molar-refractivity contribution in [2.45, 2.75) is 43.7 Å². The van der Waals surface area contributed by atoms with Crippen LogP contribution in [0.25, 0.3) is 0 Å². The summed E-state index contributed by atoms with van der Waals surface area (Å²) in [5.74, 6) is -1.10. The van der Waals surface area contributed by atoms with Crippen molar-refractivity contribution in [2.75, 3.05) is 13.1 Å². The van der Waals surface area contributed by atoms with Gasteiger partial charge in [0.1, 0.15) is 4.88 Å². The minimum atomic E-state index is -3.63. The molecule has 1 aliphatic rings. The number of nitrogens with one attached hydrogen (secondary N) is 1. The average Bonchev–Trinajstić information content (AvgIpc) is 2.89. The predicted molar refractivity (Wildman–Crippen MR) is 81.3 cm³/mol. The predicted octanol–water partition coefficient (Wildman–Crippen LogP) is 1.60. The molecule has 21 heavy (non-hydrogen) atoms. The monoisotopic (exact) mass is 332 g/mol. The number of carbonyl (C=O) groups is 1. The molecule has 0 amide bonds. The van der Waals surface area contributed by atoms with Gasteiger partial charge in [0, 0.05) is 17.5 Å². The molecule has 0 radical (unpaired) electrons. The molecule has 6 nitrogen and oxygen atoms in total. The first-order valence-corrected chi connectivity index (χ1v) is 9.24. The third-order valence-corrected chi connectivity index (χ3v) is 6.25. The Hall–Kier alpha value is -0.960. The number of carboxylic acid groups (broad SMARTS) is 1. The summed E-state index contributed by atoms with van der Waals surface area (Å²) in [6.45, 7) is 6.00. The van der Waals surface area contributed by atoms with Crippen LogP contribution in [0.4, 0.5) is 0 Å². The van der Waals surface area contributed by atoms with Crippen LogP contribution in [-0.2, 0) is 10.0 Å². The van der Waals surface area contributed by atoms with Crippen LogP contribution in [0.5, 0.6) is 0 Å². The molecule has 2 N–H and O–H groups in total. The minimum absolute atomic E-state index is 0.0324. The van der Waals surface area contributed by atoms with Gasteiger partial charge in [0.25, 0.3) is 0 Å². The summed E-state index contributed by atoms with van der Waals surface area (Å²) in [5, 5.41) is 10.2. The van der Waals surface area contributed by atoms with Gasteiger partial charge in [-0.3, -0.25) is 0 Å². The van der Waals surface area contributed by atoms with E-state index in [1.807, 2.05) is 0 Å². The zero-order valence-electron chi connectivity index (χ0n) is 12.1.